The third-order valence-electron chi connectivity index (χ3n) is 5.93. The zero-order valence-electron chi connectivity index (χ0n) is 16.8. The van der Waals surface area contributed by atoms with Gasteiger partial charge in [-0.2, -0.15) is 0 Å². The second kappa shape index (κ2) is 9.27. The first kappa shape index (κ1) is 19.7. The first-order valence-electron chi connectivity index (χ1n) is 10.6. The van der Waals surface area contributed by atoms with E-state index in [1.807, 2.05) is 12.1 Å². The zero-order valence-corrected chi connectivity index (χ0v) is 16.8. The molecule has 1 N–H and O–H groups in total. The van der Waals surface area contributed by atoms with Crippen LogP contribution in [0.25, 0.3) is 0 Å². The third-order valence-corrected chi connectivity index (χ3v) is 5.93. The number of piperidine rings is 1. The Morgan fingerprint density at radius 2 is 1.83 bits per heavy atom. The minimum absolute atomic E-state index is 0.00653. The van der Waals surface area contributed by atoms with Crippen molar-refractivity contribution in [2.24, 2.45) is 5.92 Å². The second-order valence-corrected chi connectivity index (χ2v) is 8.08. The van der Waals surface area contributed by atoms with Gasteiger partial charge in [-0.25, -0.2) is 0 Å². The van der Waals surface area contributed by atoms with E-state index in [1.165, 1.54) is 24.8 Å². The van der Waals surface area contributed by atoms with Gasteiger partial charge in [-0.15, -0.1) is 0 Å². The van der Waals surface area contributed by atoms with Gasteiger partial charge in [-0.3, -0.25) is 14.5 Å². The average molecular weight is 396 g/mol. The zero-order chi connectivity index (χ0) is 20.1. The van der Waals surface area contributed by atoms with Crippen LogP contribution in [0, 0.1) is 5.92 Å². The van der Waals surface area contributed by atoms with Crippen molar-refractivity contribution in [3.63, 3.8) is 0 Å². The Morgan fingerprint density at radius 3 is 2.59 bits per heavy atom. The molecule has 6 heteroatoms. The van der Waals surface area contributed by atoms with Crippen molar-refractivity contribution in [2.75, 3.05) is 19.6 Å². The van der Waals surface area contributed by atoms with Crippen molar-refractivity contribution in [3.8, 4) is 0 Å². The summed E-state index contributed by atoms with van der Waals surface area (Å²) in [6.45, 7) is 4.61. The Bertz CT molecular complexity index is 828. The Morgan fingerprint density at radius 1 is 1.03 bits per heavy atom. The van der Waals surface area contributed by atoms with Crippen LogP contribution in [0.4, 0.5) is 0 Å². The number of hydrogen-bond acceptors (Lipinski definition) is 4. The first-order valence-corrected chi connectivity index (χ1v) is 10.6. The van der Waals surface area contributed by atoms with E-state index in [-0.39, 0.29) is 24.2 Å². The first-order chi connectivity index (χ1) is 14.2. The fraction of sp³-hybridized carbons (Fsp3) is 0.478. The SMILES string of the molecule is O=C(NCc1ccccc1CN1CCCCC1)C1CC(=O)N(Cc2ccco2)C1. The van der Waals surface area contributed by atoms with Crippen LogP contribution < -0.4 is 5.32 Å². The van der Waals surface area contributed by atoms with Gasteiger partial charge >= 0.3 is 0 Å². The van der Waals surface area contributed by atoms with Crippen LogP contribution in [-0.2, 0) is 29.2 Å². The van der Waals surface area contributed by atoms with Gasteiger partial charge in [0.25, 0.3) is 0 Å². The largest absolute Gasteiger partial charge is 0.467 e. The van der Waals surface area contributed by atoms with Crippen molar-refractivity contribution in [3.05, 3.63) is 59.5 Å². The average Bonchev–Trinajstić information content (AvgIpc) is 3.38. The topological polar surface area (TPSA) is 65.8 Å². The summed E-state index contributed by atoms with van der Waals surface area (Å²) in [5.41, 5.74) is 2.43. The quantitative estimate of drug-likeness (QED) is 0.783. The van der Waals surface area contributed by atoms with Gasteiger partial charge in [0.2, 0.25) is 11.8 Å². The number of rotatable bonds is 7. The van der Waals surface area contributed by atoms with E-state index in [4.69, 9.17) is 4.42 Å². The highest BCUT2D eigenvalue weighted by atomic mass is 16.3. The molecule has 0 aliphatic carbocycles. The maximum Gasteiger partial charge on any atom is 0.225 e. The lowest BCUT2D eigenvalue weighted by molar-refractivity contribution is -0.129. The van der Waals surface area contributed by atoms with Crippen molar-refractivity contribution in [1.29, 1.82) is 0 Å². The predicted octanol–water partition coefficient (Wildman–Crippen LogP) is 2.93. The van der Waals surface area contributed by atoms with E-state index >= 15 is 0 Å². The molecule has 2 fully saturated rings. The van der Waals surface area contributed by atoms with Gasteiger partial charge < -0.3 is 14.6 Å². The number of carbonyl (C=O) groups is 2. The molecule has 0 saturated carbocycles. The molecular formula is C23H29N3O3. The molecule has 154 valence electrons. The van der Waals surface area contributed by atoms with E-state index in [0.29, 0.717) is 19.6 Å². The second-order valence-electron chi connectivity index (χ2n) is 8.08. The maximum absolute atomic E-state index is 12.7. The molecule has 4 rings (SSSR count). The molecule has 1 atom stereocenters. The van der Waals surface area contributed by atoms with Crippen molar-refractivity contribution in [1.82, 2.24) is 15.1 Å². The Hall–Kier alpha value is -2.60. The molecule has 0 radical (unpaired) electrons. The summed E-state index contributed by atoms with van der Waals surface area (Å²) in [5.74, 6) is 0.401. The van der Waals surface area contributed by atoms with Crippen LogP contribution in [0.15, 0.2) is 47.1 Å². The van der Waals surface area contributed by atoms with Gasteiger partial charge in [0, 0.05) is 26.1 Å². The monoisotopic (exact) mass is 395 g/mol. The molecular weight excluding hydrogens is 366 g/mol. The molecule has 0 bridgehead atoms. The van der Waals surface area contributed by atoms with Gasteiger partial charge in [-0.05, 0) is 49.2 Å². The number of likely N-dealkylation sites (tertiary alicyclic amines) is 2. The lowest BCUT2D eigenvalue weighted by atomic mass is 10.0. The van der Waals surface area contributed by atoms with Gasteiger partial charge in [0.1, 0.15) is 5.76 Å². The summed E-state index contributed by atoms with van der Waals surface area (Å²) in [6.07, 6.45) is 5.72. The van der Waals surface area contributed by atoms with Crippen LogP contribution >= 0.6 is 0 Å². The minimum atomic E-state index is -0.299. The lowest BCUT2D eigenvalue weighted by Gasteiger charge is -2.27. The number of nitrogens with one attached hydrogen (secondary N) is 1. The maximum atomic E-state index is 12.7. The van der Waals surface area contributed by atoms with Gasteiger partial charge in [0.15, 0.2) is 0 Å². The van der Waals surface area contributed by atoms with Gasteiger partial charge in [-0.1, -0.05) is 30.7 Å². The summed E-state index contributed by atoms with van der Waals surface area (Å²) in [6, 6.07) is 12.0. The van der Waals surface area contributed by atoms with Crippen LogP contribution in [0.1, 0.15) is 42.6 Å². The number of furan rings is 1. The fourth-order valence-corrected chi connectivity index (χ4v) is 4.26. The highest BCUT2D eigenvalue weighted by molar-refractivity contribution is 5.89. The Balaban J connectivity index is 1.31. The number of nitrogens with zero attached hydrogens (tertiary/aromatic N) is 2. The van der Waals surface area contributed by atoms with E-state index in [9.17, 15) is 9.59 Å². The Kier molecular flexibility index (Phi) is 6.30. The van der Waals surface area contributed by atoms with Crippen LogP contribution in [0.3, 0.4) is 0 Å². The number of benzene rings is 1. The molecule has 3 heterocycles. The molecule has 29 heavy (non-hydrogen) atoms. The molecule has 6 nitrogen and oxygen atoms in total. The predicted molar refractivity (Wildman–Crippen MR) is 110 cm³/mol. The normalized spacial score (nSPS) is 20.2. The van der Waals surface area contributed by atoms with E-state index in [1.54, 1.807) is 17.2 Å². The molecule has 2 aliphatic heterocycles. The highest BCUT2D eigenvalue weighted by Gasteiger charge is 2.34. The minimum Gasteiger partial charge on any atom is -0.467 e. The molecule has 1 aromatic heterocycles. The van der Waals surface area contributed by atoms with Crippen molar-refractivity contribution in [2.45, 2.75) is 45.3 Å². The summed E-state index contributed by atoms with van der Waals surface area (Å²) < 4.78 is 5.32. The fourth-order valence-electron chi connectivity index (χ4n) is 4.26. The van der Waals surface area contributed by atoms with Crippen LogP contribution in [0.5, 0.6) is 0 Å². The van der Waals surface area contributed by atoms with E-state index in [0.717, 1.165) is 31.0 Å². The highest BCUT2D eigenvalue weighted by Crippen LogP contribution is 2.21. The van der Waals surface area contributed by atoms with E-state index in [2.05, 4.69) is 28.4 Å². The summed E-state index contributed by atoms with van der Waals surface area (Å²) in [7, 11) is 0. The summed E-state index contributed by atoms with van der Waals surface area (Å²) >= 11 is 0. The molecule has 2 aliphatic rings. The molecule has 1 unspecified atom stereocenters. The standard InChI is InChI=1S/C23H29N3O3/c27-22-13-20(16-26(22)17-21-9-6-12-29-21)23(28)24-14-18-7-2-3-8-19(18)15-25-10-4-1-5-11-25/h2-3,6-9,12,20H,1,4-5,10-11,13-17H2,(H,24,28). The smallest absolute Gasteiger partial charge is 0.225 e. The number of carbonyl (C=O) groups excluding carboxylic acids is 2. The molecule has 1 aromatic carbocycles. The number of hydrogen-bond donors (Lipinski definition) is 1. The lowest BCUT2D eigenvalue weighted by Crippen LogP contribution is -2.33. The van der Waals surface area contributed by atoms with Crippen LogP contribution in [-0.4, -0.2) is 41.2 Å². The van der Waals surface area contributed by atoms with Gasteiger partial charge in [0.05, 0.1) is 18.7 Å². The molecule has 2 amide bonds. The Labute approximate surface area is 171 Å². The molecule has 0 spiro atoms. The van der Waals surface area contributed by atoms with Crippen LogP contribution in [0.2, 0.25) is 0 Å². The van der Waals surface area contributed by atoms with E-state index < -0.39 is 0 Å². The molecule has 2 saturated heterocycles. The third kappa shape index (κ3) is 5.07. The number of amides is 2. The summed E-state index contributed by atoms with van der Waals surface area (Å²) in [4.78, 5) is 29.1. The van der Waals surface area contributed by atoms with Crippen molar-refractivity contribution < 1.29 is 14.0 Å². The summed E-state index contributed by atoms with van der Waals surface area (Å²) in [5, 5.41) is 3.06. The van der Waals surface area contributed by atoms with Crippen molar-refractivity contribution >= 4 is 11.8 Å². The molecule has 2 aromatic rings.